The lowest BCUT2D eigenvalue weighted by Gasteiger charge is -2.24. The molecule has 5 heterocycles. The Balaban J connectivity index is 1.01. The first-order valence-electron chi connectivity index (χ1n) is 42.7. The van der Waals surface area contributed by atoms with Crippen LogP contribution in [0.4, 0.5) is 45.5 Å². The zero-order valence-electron chi connectivity index (χ0n) is 77.6. The van der Waals surface area contributed by atoms with Crippen molar-refractivity contribution in [1.29, 1.82) is 0 Å². The summed E-state index contributed by atoms with van der Waals surface area (Å²) in [6.45, 7) is 0. The molecule has 0 saturated carbocycles. The minimum atomic E-state index is 0.267. The van der Waals surface area contributed by atoms with Gasteiger partial charge in [0.2, 0.25) is 0 Å². The van der Waals surface area contributed by atoms with Crippen molar-refractivity contribution in [2.24, 2.45) is 0 Å². The molecule has 2 aliphatic rings. The van der Waals surface area contributed by atoms with Crippen LogP contribution in [-0.4, -0.2) is 209 Å². The topological polar surface area (TPSA) is 183 Å². The molecule has 17 rings (SSSR count). The molecule has 15 aromatic rings. The van der Waals surface area contributed by atoms with Gasteiger partial charge in [0, 0.05) is 92.3 Å². The average Bonchev–Trinajstić information content (AvgIpc) is 1.58. The summed E-state index contributed by atoms with van der Waals surface area (Å²) in [7, 11) is 51.0. The lowest BCUT2D eigenvalue weighted by molar-refractivity contribution is 0.415. The summed E-state index contributed by atoms with van der Waals surface area (Å²) in [5.41, 5.74) is 11.8. The monoisotopic (exact) mass is 1710 g/mol. The van der Waals surface area contributed by atoms with Gasteiger partial charge in [-0.25, -0.2) is 29.9 Å². The zero-order valence-corrected chi connectivity index (χ0v) is 77.6. The van der Waals surface area contributed by atoms with E-state index in [-0.39, 0.29) is 23.3 Å². The molecule has 0 amide bonds. The van der Waals surface area contributed by atoms with Crippen LogP contribution in [-0.2, 0) is 0 Å². The molecule has 0 unspecified atom stereocenters. The van der Waals surface area contributed by atoms with E-state index < -0.39 is 0 Å². The normalized spacial score (nSPS) is 12.7. The van der Waals surface area contributed by atoms with E-state index in [0.29, 0.717) is 194 Å². The molecule has 2 N–H and O–H groups in total. The molecule has 0 aliphatic carbocycles. The van der Waals surface area contributed by atoms with E-state index in [4.69, 9.17) is 67.8 Å². The molecule has 2 aliphatic heterocycles. The van der Waals surface area contributed by atoms with Gasteiger partial charge in [0.05, 0.1) is 169 Å². The highest BCUT2D eigenvalue weighted by atomic mass is 16.5. The smallest absolute Gasteiger partial charge is 0.170 e. The van der Waals surface area contributed by atoms with Crippen molar-refractivity contribution in [1.82, 2.24) is 75.7 Å². The highest BCUT2D eigenvalue weighted by molar-refractivity contribution is 6.08. The van der Waals surface area contributed by atoms with Crippen molar-refractivity contribution >= 4 is 89.6 Å². The number of fused-ring (bicyclic) bond motifs is 20. The predicted molar refractivity (Wildman–Crippen MR) is 525 cm³/mol. The van der Waals surface area contributed by atoms with Crippen molar-refractivity contribution in [2.45, 2.75) is 0 Å². The maximum absolute atomic E-state index is 7.20. The van der Waals surface area contributed by atoms with Crippen LogP contribution in [0.15, 0.2) is 243 Å². The van der Waals surface area contributed by atoms with Crippen molar-refractivity contribution in [3.05, 3.63) is 243 Å². The summed E-state index contributed by atoms with van der Waals surface area (Å²) in [5, 5.41) is 2.37. The summed E-state index contributed by atoms with van der Waals surface area (Å²) in [4.78, 5) is 41.7. The summed E-state index contributed by atoms with van der Waals surface area (Å²) in [6, 6.07) is 80.2. The number of nitrogens with zero attached hydrogens (tertiary/aromatic N) is 14. The number of hydrogen-bond acceptors (Lipinski definition) is 14. The SMILES string of the molecule is C[N+](C)(C)c1cccc(Oc2cc3c(cc2Oc2cccc([N+](C)(C)C)c2)-c2nc-3nc3[nH]c(nc4nc(nc5[nH]c(n2)c2cc(Oc6cccc([N+](C)(C)C)c6)c(Oc6cccc([N+](C)(C)C)c6)cc52)-c2cc(Oc5cccc([N+](C)(C)C)c5)c(Oc5cccc([N+](C)(C)C)c5)cc2-4)c2cc(Oc4cccc([N+](C)(C)C)c4)c(Oc4cccc([N+](C)(C)C)c4)cc32)c1. The van der Waals surface area contributed by atoms with Crippen LogP contribution in [0, 0.1) is 0 Å². The summed E-state index contributed by atoms with van der Waals surface area (Å²) >= 11 is 0. The van der Waals surface area contributed by atoms with E-state index in [2.05, 4.69) is 228 Å². The Morgan fingerprint density at radius 3 is 0.453 bits per heavy atom. The predicted octanol–water partition coefficient (Wildman–Crippen LogP) is 22.8. The number of hydrogen-bond donors (Lipinski definition) is 2. The Hall–Kier alpha value is -13.9. The summed E-state index contributed by atoms with van der Waals surface area (Å²) < 4.78 is 61.8. The zero-order chi connectivity index (χ0) is 90.7. The molecule has 3 aromatic heterocycles. The van der Waals surface area contributed by atoms with Crippen molar-refractivity contribution < 1.29 is 37.9 Å². The van der Waals surface area contributed by atoms with Gasteiger partial charge < -0.3 is 47.9 Å². The minimum Gasteiger partial charge on any atom is -0.453 e. The number of aromatic amines is 2. The third-order valence-corrected chi connectivity index (χ3v) is 22.6. The molecule has 8 bridgehead atoms. The molecule has 650 valence electrons. The average molecular weight is 1720 g/mol. The molecule has 0 atom stereocenters. The van der Waals surface area contributed by atoms with Gasteiger partial charge in [0.25, 0.3) is 0 Å². The first kappa shape index (κ1) is 86.2. The second-order valence-electron chi connectivity index (χ2n) is 39.9. The fraction of sp³-hybridized carbons (Fsp3) is 0.231. The third kappa shape index (κ3) is 18.4. The van der Waals surface area contributed by atoms with E-state index in [9.17, 15) is 0 Å². The Kier molecular flexibility index (Phi) is 21.7. The van der Waals surface area contributed by atoms with E-state index in [1.807, 2.05) is 194 Å². The lowest BCUT2D eigenvalue weighted by atomic mass is 10.1. The van der Waals surface area contributed by atoms with Crippen LogP contribution in [0.25, 0.3) is 89.7 Å². The quantitative estimate of drug-likeness (QED) is 0.0545. The van der Waals surface area contributed by atoms with Crippen LogP contribution in [0.1, 0.15) is 0 Å². The number of rotatable bonds is 24. The molecule has 24 heteroatoms. The van der Waals surface area contributed by atoms with Gasteiger partial charge in [-0.15, -0.1) is 0 Å². The summed E-state index contributed by atoms with van der Waals surface area (Å²) in [6.07, 6.45) is 0. The van der Waals surface area contributed by atoms with E-state index >= 15 is 0 Å². The van der Waals surface area contributed by atoms with E-state index in [0.717, 1.165) is 45.5 Å². The van der Waals surface area contributed by atoms with Gasteiger partial charge in [0.15, 0.2) is 69.3 Å². The van der Waals surface area contributed by atoms with Gasteiger partial charge in [0.1, 0.15) is 114 Å². The number of nitrogens with one attached hydrogen (secondary N) is 2. The highest BCUT2D eigenvalue weighted by Gasteiger charge is 2.32. The maximum atomic E-state index is 7.20. The molecule has 0 spiro atoms. The molecule has 128 heavy (non-hydrogen) atoms. The van der Waals surface area contributed by atoms with Crippen LogP contribution in [0.2, 0.25) is 0 Å². The van der Waals surface area contributed by atoms with Gasteiger partial charge in [-0.05, 0) is 146 Å². The van der Waals surface area contributed by atoms with Gasteiger partial charge >= 0.3 is 0 Å². The number of ether oxygens (including phenoxy) is 8. The van der Waals surface area contributed by atoms with Gasteiger partial charge in [-0.3, -0.25) is 35.9 Å². The van der Waals surface area contributed by atoms with Gasteiger partial charge in [-0.1, -0.05) is 48.5 Å². The Morgan fingerprint density at radius 1 is 0.172 bits per heavy atom. The van der Waals surface area contributed by atoms with Crippen molar-refractivity contribution in [2.75, 3.05) is 169 Å². The fourth-order valence-electron chi connectivity index (χ4n) is 15.2. The van der Waals surface area contributed by atoms with Crippen LogP contribution in [0.5, 0.6) is 92.0 Å². The fourth-order valence-corrected chi connectivity index (χ4v) is 15.2. The second-order valence-corrected chi connectivity index (χ2v) is 39.9. The van der Waals surface area contributed by atoms with Crippen molar-refractivity contribution in [3.63, 3.8) is 0 Å². The Bertz CT molecular complexity index is 6260. The van der Waals surface area contributed by atoms with Crippen molar-refractivity contribution in [3.8, 4) is 138 Å². The number of H-pyrrole nitrogens is 2. The highest BCUT2D eigenvalue weighted by Crippen LogP contribution is 2.52. The Morgan fingerprint density at radius 2 is 0.312 bits per heavy atom. The lowest BCUT2D eigenvalue weighted by Crippen LogP contribution is -2.34. The molecule has 24 nitrogen and oxygen atoms in total. The molecular formula is C104H114N16O8+8. The van der Waals surface area contributed by atoms with Crippen LogP contribution < -0.4 is 73.8 Å². The van der Waals surface area contributed by atoms with Gasteiger partial charge in [-0.2, -0.15) is 0 Å². The number of quaternary nitrogens is 8. The third-order valence-electron chi connectivity index (χ3n) is 22.6. The first-order chi connectivity index (χ1) is 60.3. The Labute approximate surface area is 748 Å². The van der Waals surface area contributed by atoms with Crippen LogP contribution >= 0.6 is 0 Å². The second kappa shape index (κ2) is 32.2. The molecule has 0 saturated heterocycles. The molecule has 0 fully saturated rings. The van der Waals surface area contributed by atoms with E-state index in [1.54, 1.807) is 0 Å². The maximum Gasteiger partial charge on any atom is 0.170 e. The molecular weight excluding hydrogens is 1600 g/mol. The van der Waals surface area contributed by atoms with Crippen LogP contribution in [0.3, 0.4) is 0 Å². The molecule has 0 radical (unpaired) electrons. The summed E-state index contributed by atoms with van der Waals surface area (Å²) in [5.74, 6) is 8.78. The van der Waals surface area contributed by atoms with E-state index in [1.165, 1.54) is 0 Å². The number of benzene rings is 12. The number of aromatic nitrogens is 8. The largest absolute Gasteiger partial charge is 0.453 e. The minimum absolute atomic E-state index is 0.267. The molecule has 12 aromatic carbocycles. The standard InChI is InChI=1S/C104H114N16O8/c1-113(2,3)65-33-25-41-73(49-65)121-89-57-81-82(58-90(89)122-74-42-26-34-66(50-74)114(4,5)6)98-105-97(81)109-99-83-59-91(123-75-43-27-35-67(51-75)115(7,8)9)92(124-76-44-28-36-68(52-76)116(10,11)12)60-84(83)101(106-99)111-103-87-63-95(127-79-47-31-39-71(55-79)119(19,20)21)96(128-80-48-32-40-72(56-80)120(22,23)24)64-88(87)104(108-103)112-102-86-62-94(126-78-46-30-38-70(54-78)118(16,17)18)93(61-85(86)100(107-102)110-98)125-77-45-29-37-69(53-77)117(13,14)15/h25-64H,1-24H3,(H2,105,106,107,108,109,110,111,112)/q+8. The first-order valence-corrected chi connectivity index (χ1v) is 42.7.